The van der Waals surface area contributed by atoms with Crippen molar-refractivity contribution in [3.63, 3.8) is 0 Å². The Labute approximate surface area is 150 Å². The summed E-state index contributed by atoms with van der Waals surface area (Å²) in [5.41, 5.74) is 0.150. The summed E-state index contributed by atoms with van der Waals surface area (Å²) in [5.74, 6) is -0.741. The molecule has 4 nitrogen and oxygen atoms in total. The van der Waals surface area contributed by atoms with Crippen LogP contribution in [0.2, 0.25) is 0 Å². The highest BCUT2D eigenvalue weighted by Gasteiger charge is 2.49. The number of carbonyl (C=O) groups is 2. The standard InChI is InChI=1S/C21H17FN2O2/c1-21(18-11-5-8-15-7-2-3-10-17(15)18)19(25)24(20(26)23-21)13-14-6-4-9-16(22)12-14/h2-12H,13H2,1H3,(H,23,26)/t21-/m1/s1. The second-order valence-corrected chi connectivity index (χ2v) is 6.60. The number of nitrogens with one attached hydrogen (secondary N) is 1. The van der Waals surface area contributed by atoms with E-state index in [1.165, 1.54) is 12.1 Å². The van der Waals surface area contributed by atoms with E-state index < -0.39 is 17.4 Å². The molecule has 1 aliphatic rings. The molecule has 4 rings (SSSR count). The second-order valence-electron chi connectivity index (χ2n) is 6.60. The maximum atomic E-state index is 13.4. The van der Waals surface area contributed by atoms with Gasteiger partial charge in [-0.25, -0.2) is 9.18 Å². The fraction of sp³-hybridized carbons (Fsp3) is 0.143. The molecule has 1 N–H and O–H groups in total. The average molecular weight is 348 g/mol. The molecule has 0 aromatic heterocycles. The summed E-state index contributed by atoms with van der Waals surface area (Å²) < 4.78 is 13.4. The first kappa shape index (κ1) is 16.3. The van der Waals surface area contributed by atoms with Crippen molar-refractivity contribution in [2.45, 2.75) is 19.0 Å². The van der Waals surface area contributed by atoms with Gasteiger partial charge in [0.05, 0.1) is 6.54 Å². The number of rotatable bonds is 3. The Bertz CT molecular complexity index is 1030. The van der Waals surface area contributed by atoms with Gasteiger partial charge in [0.2, 0.25) is 0 Å². The van der Waals surface area contributed by atoms with Crippen molar-refractivity contribution >= 4 is 22.7 Å². The van der Waals surface area contributed by atoms with E-state index in [1.807, 2.05) is 42.5 Å². The number of carbonyl (C=O) groups excluding carboxylic acids is 2. The van der Waals surface area contributed by atoms with Gasteiger partial charge in [-0.2, -0.15) is 0 Å². The minimum atomic E-state index is -1.16. The van der Waals surface area contributed by atoms with E-state index in [4.69, 9.17) is 0 Å². The molecule has 0 spiro atoms. The van der Waals surface area contributed by atoms with E-state index in [0.29, 0.717) is 5.56 Å². The zero-order chi connectivity index (χ0) is 18.3. The maximum absolute atomic E-state index is 13.4. The number of nitrogens with zero attached hydrogens (tertiary/aromatic N) is 1. The van der Waals surface area contributed by atoms with E-state index in [2.05, 4.69) is 5.32 Å². The van der Waals surface area contributed by atoms with Crippen LogP contribution in [-0.2, 0) is 16.9 Å². The molecule has 26 heavy (non-hydrogen) atoms. The van der Waals surface area contributed by atoms with Crippen LogP contribution in [0.3, 0.4) is 0 Å². The van der Waals surface area contributed by atoms with Crippen molar-refractivity contribution in [1.29, 1.82) is 0 Å². The monoisotopic (exact) mass is 348 g/mol. The predicted octanol–water partition coefficient (Wildman–Crippen LogP) is 3.95. The van der Waals surface area contributed by atoms with Crippen LogP contribution in [0.1, 0.15) is 18.1 Å². The van der Waals surface area contributed by atoms with Gasteiger partial charge in [-0.3, -0.25) is 9.69 Å². The van der Waals surface area contributed by atoms with Crippen molar-refractivity contribution in [3.05, 3.63) is 83.7 Å². The topological polar surface area (TPSA) is 49.4 Å². The fourth-order valence-electron chi connectivity index (χ4n) is 3.50. The Morgan fingerprint density at radius 2 is 1.73 bits per heavy atom. The van der Waals surface area contributed by atoms with E-state index in [1.54, 1.807) is 19.1 Å². The number of hydrogen-bond donors (Lipinski definition) is 1. The summed E-state index contributed by atoms with van der Waals surface area (Å²) in [6.07, 6.45) is 0. The number of benzene rings is 3. The van der Waals surface area contributed by atoms with E-state index in [0.717, 1.165) is 21.2 Å². The lowest BCUT2D eigenvalue weighted by molar-refractivity contribution is -0.131. The summed E-state index contributed by atoms with van der Waals surface area (Å²) >= 11 is 0. The van der Waals surface area contributed by atoms with Crippen molar-refractivity contribution in [3.8, 4) is 0 Å². The van der Waals surface area contributed by atoms with Crippen LogP contribution >= 0.6 is 0 Å². The third-order valence-corrected chi connectivity index (χ3v) is 4.83. The van der Waals surface area contributed by atoms with E-state index in [9.17, 15) is 14.0 Å². The van der Waals surface area contributed by atoms with Crippen molar-refractivity contribution in [1.82, 2.24) is 10.2 Å². The Morgan fingerprint density at radius 3 is 2.54 bits per heavy atom. The first-order valence-electron chi connectivity index (χ1n) is 8.36. The third kappa shape index (κ3) is 2.52. The average Bonchev–Trinajstić information content (AvgIpc) is 2.85. The zero-order valence-corrected chi connectivity index (χ0v) is 14.2. The van der Waals surface area contributed by atoms with E-state index >= 15 is 0 Å². The quantitative estimate of drug-likeness (QED) is 0.729. The van der Waals surface area contributed by atoms with Gasteiger partial charge < -0.3 is 5.32 Å². The van der Waals surface area contributed by atoms with E-state index in [-0.39, 0.29) is 12.5 Å². The Kier molecular flexibility index (Phi) is 3.72. The summed E-state index contributed by atoms with van der Waals surface area (Å²) in [6, 6.07) is 18.9. The van der Waals surface area contributed by atoms with Gasteiger partial charge >= 0.3 is 6.03 Å². The molecule has 1 aliphatic heterocycles. The van der Waals surface area contributed by atoms with Crippen LogP contribution in [0, 0.1) is 5.82 Å². The van der Waals surface area contributed by atoms with Gasteiger partial charge in [0, 0.05) is 0 Å². The van der Waals surface area contributed by atoms with Crippen molar-refractivity contribution < 1.29 is 14.0 Å². The molecule has 0 radical (unpaired) electrons. The molecule has 0 unspecified atom stereocenters. The van der Waals surface area contributed by atoms with Gasteiger partial charge in [-0.1, -0.05) is 54.6 Å². The molecule has 0 saturated carbocycles. The largest absolute Gasteiger partial charge is 0.325 e. The number of imide groups is 1. The number of hydrogen-bond acceptors (Lipinski definition) is 2. The zero-order valence-electron chi connectivity index (χ0n) is 14.2. The Morgan fingerprint density at radius 1 is 1.00 bits per heavy atom. The number of urea groups is 1. The van der Waals surface area contributed by atoms with Crippen molar-refractivity contribution in [2.24, 2.45) is 0 Å². The highest BCUT2D eigenvalue weighted by molar-refractivity contribution is 6.09. The number of amides is 3. The maximum Gasteiger partial charge on any atom is 0.325 e. The molecule has 1 heterocycles. The lowest BCUT2D eigenvalue weighted by atomic mass is 9.88. The normalized spacial score (nSPS) is 19.8. The summed E-state index contributed by atoms with van der Waals surface area (Å²) in [7, 11) is 0. The molecule has 1 fully saturated rings. The predicted molar refractivity (Wildman–Crippen MR) is 96.8 cm³/mol. The van der Waals surface area contributed by atoms with Gasteiger partial charge in [0.1, 0.15) is 11.4 Å². The highest BCUT2D eigenvalue weighted by Crippen LogP contribution is 2.34. The summed E-state index contributed by atoms with van der Waals surface area (Å²) in [5, 5.41) is 4.73. The molecule has 1 saturated heterocycles. The lowest BCUT2D eigenvalue weighted by Crippen LogP contribution is -2.41. The number of halogens is 1. The first-order chi connectivity index (χ1) is 12.5. The summed E-state index contributed by atoms with van der Waals surface area (Å²) in [4.78, 5) is 26.8. The fourth-order valence-corrected chi connectivity index (χ4v) is 3.50. The Hall–Kier alpha value is -3.21. The van der Waals surface area contributed by atoms with Gasteiger partial charge in [0.15, 0.2) is 0 Å². The van der Waals surface area contributed by atoms with Crippen LogP contribution in [-0.4, -0.2) is 16.8 Å². The minimum absolute atomic E-state index is 0.0305. The van der Waals surface area contributed by atoms with Crippen LogP contribution in [0.5, 0.6) is 0 Å². The molecular weight excluding hydrogens is 331 g/mol. The SMILES string of the molecule is C[C@]1(c2cccc3ccccc23)NC(=O)N(Cc2cccc(F)c2)C1=O. The van der Waals surface area contributed by atoms with Crippen LogP contribution < -0.4 is 5.32 Å². The number of fused-ring (bicyclic) bond motifs is 1. The lowest BCUT2D eigenvalue weighted by Gasteiger charge is -2.24. The first-order valence-corrected chi connectivity index (χ1v) is 8.36. The summed E-state index contributed by atoms with van der Waals surface area (Å²) in [6.45, 7) is 1.74. The molecule has 5 heteroatoms. The van der Waals surface area contributed by atoms with Gasteiger partial charge in [0.25, 0.3) is 5.91 Å². The van der Waals surface area contributed by atoms with Crippen LogP contribution in [0.4, 0.5) is 9.18 Å². The van der Waals surface area contributed by atoms with Crippen LogP contribution in [0.25, 0.3) is 10.8 Å². The molecule has 3 amide bonds. The molecule has 3 aromatic rings. The highest BCUT2D eigenvalue weighted by atomic mass is 19.1. The smallest absolute Gasteiger partial charge is 0.319 e. The Balaban J connectivity index is 1.73. The molecule has 0 aliphatic carbocycles. The van der Waals surface area contributed by atoms with Crippen LogP contribution in [0.15, 0.2) is 66.7 Å². The van der Waals surface area contributed by atoms with Gasteiger partial charge in [-0.15, -0.1) is 0 Å². The third-order valence-electron chi connectivity index (χ3n) is 4.83. The minimum Gasteiger partial charge on any atom is -0.319 e. The molecular formula is C21H17FN2O2. The van der Waals surface area contributed by atoms with Crippen molar-refractivity contribution in [2.75, 3.05) is 0 Å². The second kappa shape index (κ2) is 5.95. The molecule has 1 atom stereocenters. The molecule has 130 valence electrons. The molecule has 0 bridgehead atoms. The van der Waals surface area contributed by atoms with Gasteiger partial charge in [-0.05, 0) is 41.0 Å². The molecule has 3 aromatic carbocycles.